The fraction of sp³-hybridized carbons (Fsp3) is 0.469. The van der Waals surface area contributed by atoms with E-state index in [1.165, 1.54) is 26.4 Å². The SMILES string of the molecule is COc1cc(C[C@H](NC(=O)[C@H](N)CCCN=C(N)N)C(=O)N[C@@H](CCCCN)C(=O)N[C@@H](Cc2ccccc2)C(N)=O)cc(OC)c1O. The van der Waals surface area contributed by atoms with Gasteiger partial charge in [0, 0.05) is 19.4 Å². The molecule has 0 aromatic heterocycles. The summed E-state index contributed by atoms with van der Waals surface area (Å²) in [5.74, 6) is -2.86. The highest BCUT2D eigenvalue weighted by atomic mass is 16.5. The van der Waals surface area contributed by atoms with Gasteiger partial charge >= 0.3 is 0 Å². The number of carbonyl (C=O) groups is 4. The Balaban J connectivity index is 2.34. The standard InChI is InChI=1S/C32H49N9O7/c1-47-25-17-20(18-26(48-2)27(25)42)16-24(41-29(44)21(34)11-8-14-38-32(36)37)31(46)39-22(12-6-7-13-33)30(45)40-23(28(35)43)15-19-9-4-3-5-10-19/h3-5,9-10,17-18,21-24,42H,6-8,11-16,33-34H2,1-2H3,(H2,35,43)(H,39,46)(H,40,45)(H,41,44)(H4,36,37,38)/t21-,22+,23+,24+/m1/s1. The normalized spacial score (nSPS) is 13.2. The molecule has 0 saturated heterocycles. The third-order valence-electron chi connectivity index (χ3n) is 7.44. The Labute approximate surface area is 280 Å². The largest absolute Gasteiger partial charge is 0.502 e. The highest BCUT2D eigenvalue weighted by Gasteiger charge is 2.30. The molecule has 264 valence electrons. The predicted octanol–water partition coefficient (Wildman–Crippen LogP) is -1.36. The van der Waals surface area contributed by atoms with Crippen LogP contribution in [0, 0.1) is 0 Å². The van der Waals surface area contributed by atoms with Gasteiger partial charge in [-0.2, -0.15) is 0 Å². The molecule has 0 aliphatic heterocycles. The average Bonchev–Trinajstić information content (AvgIpc) is 3.06. The first-order valence-electron chi connectivity index (χ1n) is 15.6. The summed E-state index contributed by atoms with van der Waals surface area (Å²) >= 11 is 0. The van der Waals surface area contributed by atoms with Crippen molar-refractivity contribution in [2.45, 2.75) is 69.1 Å². The molecule has 16 nitrogen and oxygen atoms in total. The van der Waals surface area contributed by atoms with Crippen LogP contribution in [0.5, 0.6) is 17.2 Å². The minimum Gasteiger partial charge on any atom is -0.502 e. The van der Waals surface area contributed by atoms with E-state index in [9.17, 15) is 24.3 Å². The summed E-state index contributed by atoms with van der Waals surface area (Å²) in [6, 6.07) is 7.63. The summed E-state index contributed by atoms with van der Waals surface area (Å²) < 4.78 is 10.5. The monoisotopic (exact) mass is 671 g/mol. The van der Waals surface area contributed by atoms with E-state index in [4.69, 9.17) is 38.1 Å². The van der Waals surface area contributed by atoms with Crippen LogP contribution in [-0.4, -0.2) is 86.2 Å². The molecule has 2 aromatic rings. The van der Waals surface area contributed by atoms with Crippen molar-refractivity contribution < 1.29 is 33.8 Å². The number of phenolic OH excluding ortho intramolecular Hbond substituents is 1. The number of rotatable bonds is 21. The van der Waals surface area contributed by atoms with E-state index in [2.05, 4.69) is 20.9 Å². The lowest BCUT2D eigenvalue weighted by molar-refractivity contribution is -0.133. The average molecular weight is 672 g/mol. The third kappa shape index (κ3) is 13.0. The molecular weight excluding hydrogens is 622 g/mol. The number of nitrogens with zero attached hydrogens (tertiary/aromatic N) is 1. The van der Waals surface area contributed by atoms with Gasteiger partial charge < -0.3 is 59.2 Å². The Hall–Kier alpha value is -5.09. The van der Waals surface area contributed by atoms with Crippen LogP contribution in [0.15, 0.2) is 47.5 Å². The molecule has 0 radical (unpaired) electrons. The van der Waals surface area contributed by atoms with Crippen LogP contribution in [0.3, 0.4) is 0 Å². The van der Waals surface area contributed by atoms with Crippen molar-refractivity contribution in [1.29, 1.82) is 0 Å². The molecule has 0 aliphatic rings. The fourth-order valence-corrected chi connectivity index (χ4v) is 4.82. The molecule has 4 atom stereocenters. The number of aromatic hydroxyl groups is 1. The molecule has 0 bridgehead atoms. The maximum Gasteiger partial charge on any atom is 0.243 e. The molecule has 4 amide bonds. The van der Waals surface area contributed by atoms with Crippen LogP contribution < -0.4 is 54.1 Å². The summed E-state index contributed by atoms with van der Waals surface area (Å²) in [6.45, 7) is 0.626. The number of nitrogens with one attached hydrogen (secondary N) is 3. The first-order chi connectivity index (χ1) is 22.9. The summed E-state index contributed by atoms with van der Waals surface area (Å²) in [5, 5.41) is 18.4. The van der Waals surface area contributed by atoms with Crippen LogP contribution in [0.1, 0.15) is 43.2 Å². The second-order valence-corrected chi connectivity index (χ2v) is 11.2. The number of nitrogens with two attached hydrogens (primary N) is 5. The predicted molar refractivity (Wildman–Crippen MR) is 181 cm³/mol. The fourth-order valence-electron chi connectivity index (χ4n) is 4.82. The molecule has 0 fully saturated rings. The Morgan fingerprint density at radius 1 is 0.771 bits per heavy atom. The maximum atomic E-state index is 13.9. The van der Waals surface area contributed by atoms with Gasteiger partial charge in [0.25, 0.3) is 0 Å². The van der Waals surface area contributed by atoms with Crippen molar-refractivity contribution in [1.82, 2.24) is 16.0 Å². The topological polar surface area (TPSA) is 286 Å². The zero-order chi connectivity index (χ0) is 35.6. The number of ether oxygens (including phenoxy) is 2. The lowest BCUT2D eigenvalue weighted by atomic mass is 10.0. The summed E-state index contributed by atoms with van der Waals surface area (Å²) in [4.78, 5) is 56.7. The minimum atomic E-state index is -1.23. The van der Waals surface area contributed by atoms with Gasteiger partial charge in [-0.1, -0.05) is 30.3 Å². The molecule has 0 spiro atoms. The number of primary amides is 1. The van der Waals surface area contributed by atoms with Gasteiger partial charge in [-0.25, -0.2) is 0 Å². The van der Waals surface area contributed by atoms with Crippen molar-refractivity contribution in [2.75, 3.05) is 27.3 Å². The summed E-state index contributed by atoms with van der Waals surface area (Å²) in [7, 11) is 2.71. The molecule has 0 heterocycles. The van der Waals surface area contributed by atoms with Crippen LogP contribution >= 0.6 is 0 Å². The summed E-state index contributed by atoms with van der Waals surface area (Å²) in [5.41, 5.74) is 29.3. The first-order valence-corrected chi connectivity index (χ1v) is 15.6. The van der Waals surface area contributed by atoms with E-state index in [1.54, 1.807) is 24.3 Å². The number of benzene rings is 2. The summed E-state index contributed by atoms with van der Waals surface area (Å²) in [6.07, 6.45) is 1.93. The molecule has 2 aromatic carbocycles. The van der Waals surface area contributed by atoms with Crippen LogP contribution in [0.25, 0.3) is 0 Å². The zero-order valence-electron chi connectivity index (χ0n) is 27.4. The highest BCUT2D eigenvalue weighted by molar-refractivity contribution is 5.94. The molecular formula is C32H49N9O7. The second kappa shape index (κ2) is 20.2. The number of aliphatic imine (C=N–C) groups is 1. The zero-order valence-corrected chi connectivity index (χ0v) is 27.4. The second-order valence-electron chi connectivity index (χ2n) is 11.2. The van der Waals surface area contributed by atoms with Gasteiger partial charge in [-0.15, -0.1) is 0 Å². The highest BCUT2D eigenvalue weighted by Crippen LogP contribution is 2.37. The number of methoxy groups -OCH3 is 2. The Morgan fingerprint density at radius 2 is 1.33 bits per heavy atom. The Bertz CT molecular complexity index is 1360. The van der Waals surface area contributed by atoms with Gasteiger partial charge in [0.2, 0.25) is 29.4 Å². The number of guanidine groups is 1. The minimum absolute atomic E-state index is 0.0845. The van der Waals surface area contributed by atoms with Crippen molar-refractivity contribution in [2.24, 2.45) is 33.7 Å². The molecule has 2 rings (SSSR count). The van der Waals surface area contributed by atoms with Gasteiger partial charge in [-0.05, 0) is 61.9 Å². The van der Waals surface area contributed by atoms with Crippen molar-refractivity contribution in [3.63, 3.8) is 0 Å². The lowest BCUT2D eigenvalue weighted by Gasteiger charge is -2.26. The van der Waals surface area contributed by atoms with Crippen molar-refractivity contribution in [3.05, 3.63) is 53.6 Å². The van der Waals surface area contributed by atoms with Gasteiger partial charge in [0.1, 0.15) is 18.1 Å². The van der Waals surface area contributed by atoms with Crippen LogP contribution in [-0.2, 0) is 32.0 Å². The smallest absolute Gasteiger partial charge is 0.243 e. The molecule has 16 heteroatoms. The van der Waals surface area contributed by atoms with E-state index in [0.717, 1.165) is 5.56 Å². The molecule has 14 N–H and O–H groups in total. The van der Waals surface area contributed by atoms with Crippen LogP contribution in [0.2, 0.25) is 0 Å². The molecule has 0 aliphatic carbocycles. The van der Waals surface area contributed by atoms with Crippen LogP contribution in [0.4, 0.5) is 0 Å². The van der Waals surface area contributed by atoms with E-state index in [-0.39, 0.29) is 55.4 Å². The van der Waals surface area contributed by atoms with E-state index >= 15 is 0 Å². The van der Waals surface area contributed by atoms with Crippen molar-refractivity contribution in [3.8, 4) is 17.2 Å². The van der Waals surface area contributed by atoms with E-state index in [1.807, 2.05) is 6.07 Å². The maximum absolute atomic E-state index is 13.9. The molecule has 0 unspecified atom stereocenters. The Morgan fingerprint density at radius 3 is 1.90 bits per heavy atom. The lowest BCUT2D eigenvalue weighted by Crippen LogP contribution is -2.58. The van der Waals surface area contributed by atoms with Crippen molar-refractivity contribution >= 4 is 29.6 Å². The number of hydrogen-bond donors (Lipinski definition) is 9. The molecule has 0 saturated carbocycles. The number of amides is 4. The third-order valence-corrected chi connectivity index (χ3v) is 7.44. The number of unbranched alkanes of at least 4 members (excludes halogenated alkanes) is 1. The Kier molecular flexibility index (Phi) is 16.5. The van der Waals surface area contributed by atoms with E-state index in [0.29, 0.717) is 31.4 Å². The number of phenols is 1. The molecule has 48 heavy (non-hydrogen) atoms. The number of hydrogen-bond acceptors (Lipinski definition) is 10. The quantitative estimate of drug-likeness (QED) is 0.0424. The van der Waals surface area contributed by atoms with Gasteiger partial charge in [0.15, 0.2) is 17.5 Å². The van der Waals surface area contributed by atoms with Gasteiger partial charge in [-0.3, -0.25) is 24.2 Å². The van der Waals surface area contributed by atoms with Gasteiger partial charge in [0.05, 0.1) is 20.3 Å². The number of carbonyl (C=O) groups excluding carboxylic acids is 4. The first kappa shape index (κ1) is 39.1. The van der Waals surface area contributed by atoms with E-state index < -0.39 is 47.8 Å².